The lowest BCUT2D eigenvalue weighted by atomic mass is 10.2. The molecule has 2 aromatic carbocycles. The van der Waals surface area contributed by atoms with Crippen molar-refractivity contribution in [3.63, 3.8) is 0 Å². The number of ether oxygens (including phenoxy) is 1. The van der Waals surface area contributed by atoms with Crippen LogP contribution in [0.1, 0.15) is 15.9 Å². The summed E-state index contributed by atoms with van der Waals surface area (Å²) in [6.07, 6.45) is 0. The Balaban J connectivity index is 1.97. The molecule has 0 unspecified atom stereocenters. The molecule has 2 aromatic rings. The summed E-state index contributed by atoms with van der Waals surface area (Å²) in [5.74, 6) is -2.84. The number of hydrogen-bond acceptors (Lipinski definition) is 3. The zero-order valence-electron chi connectivity index (χ0n) is 13.2. The van der Waals surface area contributed by atoms with Crippen LogP contribution in [-0.2, 0) is 4.79 Å². The van der Waals surface area contributed by atoms with Crippen LogP contribution in [0.4, 0.5) is 14.5 Å². The van der Waals surface area contributed by atoms with E-state index in [2.05, 4.69) is 10.6 Å². The fraction of sp³-hybridized carbons (Fsp3) is 0.176. The van der Waals surface area contributed by atoms with Gasteiger partial charge in [-0.05, 0) is 42.8 Å². The second kappa shape index (κ2) is 7.54. The van der Waals surface area contributed by atoms with E-state index in [4.69, 9.17) is 4.74 Å². The highest BCUT2D eigenvalue weighted by Gasteiger charge is 2.12. The predicted octanol–water partition coefficient (Wildman–Crippen LogP) is 2.65. The van der Waals surface area contributed by atoms with Gasteiger partial charge in [-0.15, -0.1) is 0 Å². The molecule has 0 heterocycles. The molecule has 2 amide bonds. The number of methoxy groups -OCH3 is 1. The standard InChI is InChI=1S/C17H16F2N2O3/c1-10-3-6-15(24-2)14(7-10)21-16(22)9-20-17(23)11-4-5-12(18)13(19)8-11/h3-8H,9H2,1-2H3,(H,20,23)(H,21,22). The zero-order chi connectivity index (χ0) is 17.7. The maximum Gasteiger partial charge on any atom is 0.251 e. The van der Waals surface area contributed by atoms with E-state index in [-0.39, 0.29) is 12.1 Å². The fourth-order valence-corrected chi connectivity index (χ4v) is 2.01. The maximum absolute atomic E-state index is 13.1. The average molecular weight is 334 g/mol. The summed E-state index contributed by atoms with van der Waals surface area (Å²) >= 11 is 0. The van der Waals surface area contributed by atoms with Gasteiger partial charge in [0.05, 0.1) is 19.3 Å². The van der Waals surface area contributed by atoms with Crippen LogP contribution in [0.15, 0.2) is 36.4 Å². The van der Waals surface area contributed by atoms with Gasteiger partial charge in [0.25, 0.3) is 5.91 Å². The van der Waals surface area contributed by atoms with Gasteiger partial charge in [0.1, 0.15) is 5.75 Å². The van der Waals surface area contributed by atoms with Crippen LogP contribution in [0.3, 0.4) is 0 Å². The third kappa shape index (κ3) is 4.28. The van der Waals surface area contributed by atoms with Gasteiger partial charge in [0.15, 0.2) is 11.6 Å². The number of benzene rings is 2. The molecular weight excluding hydrogens is 318 g/mol. The molecule has 0 aliphatic rings. The summed E-state index contributed by atoms with van der Waals surface area (Å²) in [6, 6.07) is 8.03. The Morgan fingerprint density at radius 2 is 1.83 bits per heavy atom. The van der Waals surface area contributed by atoms with Gasteiger partial charge in [-0.25, -0.2) is 8.78 Å². The summed E-state index contributed by atoms with van der Waals surface area (Å²) in [5, 5.41) is 4.95. The Bertz CT molecular complexity index is 778. The topological polar surface area (TPSA) is 67.4 Å². The monoisotopic (exact) mass is 334 g/mol. The molecule has 7 heteroatoms. The second-order valence-corrected chi connectivity index (χ2v) is 5.06. The summed E-state index contributed by atoms with van der Waals surface area (Å²) in [6.45, 7) is 1.54. The van der Waals surface area contributed by atoms with E-state index in [0.29, 0.717) is 11.4 Å². The van der Waals surface area contributed by atoms with Crippen molar-refractivity contribution in [2.75, 3.05) is 19.0 Å². The van der Waals surface area contributed by atoms with E-state index in [0.717, 1.165) is 23.8 Å². The summed E-state index contributed by atoms with van der Waals surface area (Å²) in [4.78, 5) is 23.8. The highest BCUT2D eigenvalue weighted by molar-refractivity contribution is 5.99. The number of carbonyl (C=O) groups excluding carboxylic acids is 2. The molecule has 2 N–H and O–H groups in total. The maximum atomic E-state index is 13.1. The van der Waals surface area contributed by atoms with Crippen molar-refractivity contribution in [3.05, 3.63) is 59.2 Å². The average Bonchev–Trinajstić information content (AvgIpc) is 2.55. The molecule has 0 atom stereocenters. The molecule has 0 fully saturated rings. The van der Waals surface area contributed by atoms with Crippen LogP contribution in [0, 0.1) is 18.6 Å². The smallest absolute Gasteiger partial charge is 0.251 e. The number of aryl methyl sites for hydroxylation is 1. The molecule has 126 valence electrons. The van der Waals surface area contributed by atoms with E-state index in [9.17, 15) is 18.4 Å². The SMILES string of the molecule is COc1ccc(C)cc1NC(=O)CNC(=O)c1ccc(F)c(F)c1. The van der Waals surface area contributed by atoms with Crippen LogP contribution >= 0.6 is 0 Å². The van der Waals surface area contributed by atoms with Gasteiger partial charge in [-0.2, -0.15) is 0 Å². The Kier molecular flexibility index (Phi) is 5.47. The van der Waals surface area contributed by atoms with Crippen LogP contribution in [0.25, 0.3) is 0 Å². The summed E-state index contributed by atoms with van der Waals surface area (Å²) in [5.41, 5.74) is 1.33. The Morgan fingerprint density at radius 3 is 2.50 bits per heavy atom. The lowest BCUT2D eigenvalue weighted by Crippen LogP contribution is -2.33. The number of halogens is 2. The van der Waals surface area contributed by atoms with Crippen LogP contribution in [-0.4, -0.2) is 25.5 Å². The molecule has 24 heavy (non-hydrogen) atoms. The molecule has 5 nitrogen and oxygen atoms in total. The molecule has 0 bridgehead atoms. The van der Waals surface area contributed by atoms with E-state index < -0.39 is 23.4 Å². The lowest BCUT2D eigenvalue weighted by Gasteiger charge is -2.11. The normalized spacial score (nSPS) is 10.2. The van der Waals surface area contributed by atoms with Gasteiger partial charge in [-0.3, -0.25) is 9.59 Å². The van der Waals surface area contributed by atoms with E-state index >= 15 is 0 Å². The summed E-state index contributed by atoms with van der Waals surface area (Å²) in [7, 11) is 1.48. The van der Waals surface area contributed by atoms with Crippen LogP contribution < -0.4 is 15.4 Å². The highest BCUT2D eigenvalue weighted by Crippen LogP contribution is 2.24. The number of anilines is 1. The molecule has 0 saturated carbocycles. The second-order valence-electron chi connectivity index (χ2n) is 5.06. The first kappa shape index (κ1) is 17.4. The number of nitrogens with one attached hydrogen (secondary N) is 2. The van der Waals surface area contributed by atoms with Crippen molar-refractivity contribution < 1.29 is 23.1 Å². The first-order valence-corrected chi connectivity index (χ1v) is 7.08. The molecule has 0 aliphatic heterocycles. The van der Waals surface area contributed by atoms with Crippen molar-refractivity contribution in [1.29, 1.82) is 0 Å². The van der Waals surface area contributed by atoms with Crippen LogP contribution in [0.5, 0.6) is 5.75 Å². The number of amides is 2. The van der Waals surface area contributed by atoms with Gasteiger partial charge in [0, 0.05) is 5.56 Å². The molecule has 0 saturated heterocycles. The van der Waals surface area contributed by atoms with E-state index in [1.165, 1.54) is 7.11 Å². The molecule has 0 aliphatic carbocycles. The highest BCUT2D eigenvalue weighted by atomic mass is 19.2. The third-order valence-electron chi connectivity index (χ3n) is 3.22. The molecule has 0 aromatic heterocycles. The van der Waals surface area contributed by atoms with Crippen molar-refractivity contribution in [2.45, 2.75) is 6.92 Å². The van der Waals surface area contributed by atoms with Crippen LogP contribution in [0.2, 0.25) is 0 Å². The van der Waals surface area contributed by atoms with Gasteiger partial charge in [-0.1, -0.05) is 6.07 Å². The Morgan fingerprint density at radius 1 is 1.08 bits per heavy atom. The molecular formula is C17H16F2N2O3. The van der Waals surface area contributed by atoms with Crippen molar-refractivity contribution in [2.24, 2.45) is 0 Å². The molecule has 0 radical (unpaired) electrons. The van der Waals surface area contributed by atoms with Gasteiger partial charge in [0.2, 0.25) is 5.91 Å². The summed E-state index contributed by atoms with van der Waals surface area (Å²) < 4.78 is 31.1. The van der Waals surface area contributed by atoms with Crippen molar-refractivity contribution >= 4 is 17.5 Å². The fourth-order valence-electron chi connectivity index (χ4n) is 2.01. The first-order valence-electron chi connectivity index (χ1n) is 7.08. The third-order valence-corrected chi connectivity index (χ3v) is 3.22. The quantitative estimate of drug-likeness (QED) is 0.883. The minimum atomic E-state index is -1.13. The zero-order valence-corrected chi connectivity index (χ0v) is 13.2. The minimum Gasteiger partial charge on any atom is -0.495 e. The Hall–Kier alpha value is -2.96. The number of rotatable bonds is 5. The first-order chi connectivity index (χ1) is 11.4. The molecule has 0 spiro atoms. The minimum absolute atomic E-state index is 0.0742. The largest absolute Gasteiger partial charge is 0.495 e. The van der Waals surface area contributed by atoms with E-state index in [1.54, 1.807) is 12.1 Å². The number of carbonyl (C=O) groups is 2. The van der Waals surface area contributed by atoms with Crippen molar-refractivity contribution in [1.82, 2.24) is 5.32 Å². The molecule has 2 rings (SSSR count). The van der Waals surface area contributed by atoms with Gasteiger partial charge < -0.3 is 15.4 Å². The van der Waals surface area contributed by atoms with Gasteiger partial charge >= 0.3 is 0 Å². The number of hydrogen-bond donors (Lipinski definition) is 2. The van der Waals surface area contributed by atoms with Crippen molar-refractivity contribution in [3.8, 4) is 5.75 Å². The lowest BCUT2D eigenvalue weighted by molar-refractivity contribution is -0.115. The van der Waals surface area contributed by atoms with E-state index in [1.807, 2.05) is 13.0 Å². The Labute approximate surface area is 137 Å². The predicted molar refractivity (Wildman–Crippen MR) is 85.1 cm³/mol.